The molecular weight excluding hydrogens is 341 g/mol. The molecule has 1 amide bonds. The van der Waals surface area contributed by atoms with E-state index in [9.17, 15) is 19.1 Å². The standard InChI is InChI=1S/C16H19ClFNO5/c1-16(2,3)24-15(22)19-8-10(7-12(19)14(20)21)23-13-5-4-9(17)6-11(13)18/h4-6,10,12H,7-8H2,1-3H3,(H,20,21). The molecule has 1 aliphatic heterocycles. The van der Waals surface area contributed by atoms with Gasteiger partial charge in [0.05, 0.1) is 6.54 Å². The molecule has 8 heteroatoms. The number of hydrogen-bond donors (Lipinski definition) is 1. The van der Waals surface area contributed by atoms with E-state index in [0.29, 0.717) is 0 Å². The van der Waals surface area contributed by atoms with E-state index in [1.165, 1.54) is 12.1 Å². The van der Waals surface area contributed by atoms with Gasteiger partial charge in [0.25, 0.3) is 0 Å². The van der Waals surface area contributed by atoms with E-state index < -0.39 is 35.6 Å². The minimum atomic E-state index is -1.16. The first-order valence-corrected chi connectivity index (χ1v) is 7.79. The highest BCUT2D eigenvalue weighted by Gasteiger charge is 2.42. The quantitative estimate of drug-likeness (QED) is 0.895. The molecular formula is C16H19ClFNO5. The van der Waals surface area contributed by atoms with Gasteiger partial charge in [0.1, 0.15) is 17.7 Å². The lowest BCUT2D eigenvalue weighted by atomic mass is 10.2. The van der Waals surface area contributed by atoms with Crippen molar-refractivity contribution in [2.24, 2.45) is 0 Å². The molecule has 0 radical (unpaired) electrons. The molecule has 1 heterocycles. The monoisotopic (exact) mass is 359 g/mol. The molecule has 1 aromatic rings. The van der Waals surface area contributed by atoms with Gasteiger partial charge in [-0.05, 0) is 39.0 Å². The van der Waals surface area contributed by atoms with Crippen molar-refractivity contribution < 1.29 is 28.6 Å². The maximum Gasteiger partial charge on any atom is 0.411 e. The highest BCUT2D eigenvalue weighted by molar-refractivity contribution is 6.30. The molecule has 1 saturated heterocycles. The Morgan fingerprint density at radius 3 is 2.58 bits per heavy atom. The first-order chi connectivity index (χ1) is 11.1. The number of carbonyl (C=O) groups is 2. The van der Waals surface area contributed by atoms with Crippen molar-refractivity contribution in [3.63, 3.8) is 0 Å². The molecule has 1 N–H and O–H groups in total. The molecule has 0 aromatic heterocycles. The normalized spacial score (nSPS) is 20.8. The maximum atomic E-state index is 13.8. The highest BCUT2D eigenvalue weighted by Crippen LogP contribution is 2.28. The van der Waals surface area contributed by atoms with Crippen LogP contribution in [0.5, 0.6) is 5.75 Å². The number of hydrogen-bond acceptors (Lipinski definition) is 4. The van der Waals surface area contributed by atoms with Gasteiger partial charge in [-0.15, -0.1) is 0 Å². The number of carboxylic acid groups (broad SMARTS) is 1. The summed E-state index contributed by atoms with van der Waals surface area (Å²) in [7, 11) is 0. The predicted molar refractivity (Wildman–Crippen MR) is 84.8 cm³/mol. The van der Waals surface area contributed by atoms with Crippen molar-refractivity contribution in [1.29, 1.82) is 0 Å². The van der Waals surface area contributed by atoms with E-state index in [1.807, 2.05) is 0 Å². The second kappa shape index (κ2) is 6.84. The van der Waals surface area contributed by atoms with Crippen LogP contribution in [0.4, 0.5) is 9.18 Å². The van der Waals surface area contributed by atoms with Crippen molar-refractivity contribution in [2.75, 3.05) is 6.54 Å². The summed E-state index contributed by atoms with van der Waals surface area (Å²) in [5, 5.41) is 9.54. The van der Waals surface area contributed by atoms with E-state index in [4.69, 9.17) is 21.1 Å². The van der Waals surface area contributed by atoms with Crippen molar-refractivity contribution in [3.8, 4) is 5.75 Å². The molecule has 2 rings (SSSR count). The summed E-state index contributed by atoms with van der Waals surface area (Å²) >= 11 is 5.68. The number of ether oxygens (including phenoxy) is 2. The van der Waals surface area contributed by atoms with Gasteiger partial charge in [0.2, 0.25) is 0 Å². The first kappa shape index (κ1) is 18.3. The average molecular weight is 360 g/mol. The van der Waals surface area contributed by atoms with E-state index in [2.05, 4.69) is 0 Å². The lowest BCUT2D eigenvalue weighted by Gasteiger charge is -2.26. The van der Waals surface area contributed by atoms with Crippen LogP contribution in [0.2, 0.25) is 5.02 Å². The fourth-order valence-electron chi connectivity index (χ4n) is 2.39. The van der Waals surface area contributed by atoms with Crippen molar-refractivity contribution in [1.82, 2.24) is 4.90 Å². The second-order valence-electron chi connectivity index (χ2n) is 6.54. The summed E-state index contributed by atoms with van der Waals surface area (Å²) in [4.78, 5) is 24.7. The Bertz CT molecular complexity index is 646. The Hall–Kier alpha value is -2.02. The zero-order chi connectivity index (χ0) is 18.1. The Morgan fingerprint density at radius 2 is 2.04 bits per heavy atom. The molecule has 1 fully saturated rings. The van der Waals surface area contributed by atoms with E-state index in [0.717, 1.165) is 11.0 Å². The Morgan fingerprint density at radius 1 is 1.38 bits per heavy atom. The maximum absolute atomic E-state index is 13.8. The molecule has 6 nitrogen and oxygen atoms in total. The molecule has 1 aromatic carbocycles. The number of nitrogens with zero attached hydrogens (tertiary/aromatic N) is 1. The summed E-state index contributed by atoms with van der Waals surface area (Å²) in [6.07, 6.45) is -1.36. The van der Waals surface area contributed by atoms with Crippen LogP contribution in [-0.2, 0) is 9.53 Å². The Labute approximate surface area is 144 Å². The number of benzene rings is 1. The molecule has 0 bridgehead atoms. The van der Waals surface area contributed by atoms with Crippen molar-refractivity contribution in [3.05, 3.63) is 29.0 Å². The van der Waals surface area contributed by atoms with Crippen LogP contribution in [0.3, 0.4) is 0 Å². The number of carbonyl (C=O) groups excluding carboxylic acids is 1. The van der Waals surface area contributed by atoms with Crippen molar-refractivity contribution >= 4 is 23.7 Å². The van der Waals surface area contributed by atoms with Gasteiger partial charge >= 0.3 is 12.1 Å². The Kier molecular flexibility index (Phi) is 5.22. The third-order valence-electron chi connectivity index (χ3n) is 3.36. The summed E-state index contributed by atoms with van der Waals surface area (Å²) in [6, 6.07) is 2.85. The van der Waals surface area contributed by atoms with E-state index in [-0.39, 0.29) is 23.7 Å². The molecule has 0 aliphatic carbocycles. The predicted octanol–water partition coefficient (Wildman–Crippen LogP) is 3.32. The summed E-state index contributed by atoms with van der Waals surface area (Å²) < 4.78 is 24.5. The van der Waals surface area contributed by atoms with Crippen LogP contribution in [0.1, 0.15) is 27.2 Å². The minimum absolute atomic E-state index is 0.00601. The molecule has 2 unspecified atom stereocenters. The van der Waals surface area contributed by atoms with Crippen LogP contribution >= 0.6 is 11.6 Å². The SMILES string of the molecule is CC(C)(C)OC(=O)N1CC(Oc2ccc(Cl)cc2F)CC1C(=O)O. The smallest absolute Gasteiger partial charge is 0.411 e. The zero-order valence-corrected chi connectivity index (χ0v) is 14.3. The number of aliphatic carboxylic acids is 1. The van der Waals surface area contributed by atoms with Gasteiger partial charge in [0.15, 0.2) is 11.6 Å². The topological polar surface area (TPSA) is 76.1 Å². The molecule has 2 atom stereocenters. The summed E-state index contributed by atoms with van der Waals surface area (Å²) in [5.41, 5.74) is -0.749. The van der Waals surface area contributed by atoms with Crippen LogP contribution in [-0.4, -0.2) is 46.4 Å². The first-order valence-electron chi connectivity index (χ1n) is 7.41. The molecule has 24 heavy (non-hydrogen) atoms. The number of carboxylic acids is 1. The van der Waals surface area contributed by atoms with Gasteiger partial charge in [-0.25, -0.2) is 14.0 Å². The van der Waals surface area contributed by atoms with Crippen LogP contribution in [0, 0.1) is 5.82 Å². The zero-order valence-electron chi connectivity index (χ0n) is 13.6. The van der Waals surface area contributed by atoms with Gasteiger partial charge in [-0.1, -0.05) is 11.6 Å². The van der Waals surface area contributed by atoms with Gasteiger partial charge < -0.3 is 14.6 Å². The number of likely N-dealkylation sites (tertiary alicyclic amines) is 1. The molecule has 0 saturated carbocycles. The van der Waals surface area contributed by atoms with Gasteiger partial charge in [-0.3, -0.25) is 4.90 Å². The summed E-state index contributed by atoms with van der Waals surface area (Å²) in [6.45, 7) is 5.06. The van der Waals surface area contributed by atoms with E-state index >= 15 is 0 Å². The summed E-state index contributed by atoms with van der Waals surface area (Å²) in [5.74, 6) is -1.85. The van der Waals surface area contributed by atoms with Crippen LogP contribution in [0.15, 0.2) is 18.2 Å². The van der Waals surface area contributed by atoms with Crippen LogP contribution in [0.25, 0.3) is 0 Å². The second-order valence-corrected chi connectivity index (χ2v) is 6.97. The fourth-order valence-corrected chi connectivity index (χ4v) is 2.55. The number of rotatable bonds is 3. The largest absolute Gasteiger partial charge is 0.485 e. The molecule has 1 aliphatic rings. The third-order valence-corrected chi connectivity index (χ3v) is 3.60. The van der Waals surface area contributed by atoms with Crippen LogP contribution < -0.4 is 4.74 Å². The van der Waals surface area contributed by atoms with Gasteiger partial charge in [-0.2, -0.15) is 0 Å². The Balaban J connectivity index is 2.11. The van der Waals surface area contributed by atoms with Crippen molar-refractivity contribution in [2.45, 2.75) is 44.9 Å². The minimum Gasteiger partial charge on any atom is -0.485 e. The molecule has 132 valence electrons. The third kappa shape index (κ3) is 4.50. The lowest BCUT2D eigenvalue weighted by Crippen LogP contribution is -2.43. The van der Waals surface area contributed by atoms with E-state index in [1.54, 1.807) is 20.8 Å². The number of amides is 1. The highest BCUT2D eigenvalue weighted by atomic mass is 35.5. The fraction of sp³-hybridized carbons (Fsp3) is 0.500. The number of halogens is 2. The average Bonchev–Trinajstić information content (AvgIpc) is 2.84. The lowest BCUT2D eigenvalue weighted by molar-refractivity contribution is -0.142. The van der Waals surface area contributed by atoms with Gasteiger partial charge in [0, 0.05) is 11.4 Å². The molecule has 0 spiro atoms.